The van der Waals surface area contributed by atoms with E-state index < -0.39 is 6.09 Å². The van der Waals surface area contributed by atoms with Crippen molar-refractivity contribution in [3.05, 3.63) is 53.1 Å². The number of aryl methyl sites for hydroxylation is 1. The lowest BCUT2D eigenvalue weighted by atomic mass is 9.94. The summed E-state index contributed by atoms with van der Waals surface area (Å²) in [6.07, 6.45) is 4.98. The van der Waals surface area contributed by atoms with Gasteiger partial charge in [0.2, 0.25) is 0 Å². The molecular weight excluding hydrogens is 412 g/mol. The van der Waals surface area contributed by atoms with Gasteiger partial charge in [0.25, 0.3) is 11.8 Å². The summed E-state index contributed by atoms with van der Waals surface area (Å²) in [7, 11) is 0. The van der Waals surface area contributed by atoms with Crippen molar-refractivity contribution in [1.29, 1.82) is 0 Å². The maximum atomic E-state index is 12.7. The lowest BCUT2D eigenvalue weighted by Gasteiger charge is -2.08. The predicted molar refractivity (Wildman–Crippen MR) is 114 cm³/mol. The van der Waals surface area contributed by atoms with Crippen LogP contribution < -0.4 is 15.4 Å². The number of H-pyrrole nitrogens is 1. The number of fused-ring (bicyclic) bond motifs is 8. The SMILES string of the molecule is O=C(NCCn1cncn1)Oc1ccc2[nH]c3c4c(c5c(c3c2c1)C(=O)NC5=O)CCC4. The third-order valence-corrected chi connectivity index (χ3v) is 6.06. The first-order valence-electron chi connectivity index (χ1n) is 10.4. The number of carbonyl (C=O) groups excluding carboxylic acids is 3. The number of amides is 3. The number of ether oxygens (including phenoxy) is 1. The van der Waals surface area contributed by atoms with E-state index in [1.165, 1.54) is 6.33 Å². The fraction of sp³-hybridized carbons (Fsp3) is 0.227. The van der Waals surface area contributed by atoms with Crippen LogP contribution in [0.1, 0.15) is 38.3 Å². The Hall–Kier alpha value is -4.21. The van der Waals surface area contributed by atoms with E-state index in [0.717, 1.165) is 46.8 Å². The zero-order chi connectivity index (χ0) is 21.8. The van der Waals surface area contributed by atoms with Crippen LogP contribution in [0.25, 0.3) is 21.8 Å². The smallest absolute Gasteiger partial charge is 0.410 e. The number of benzene rings is 2. The van der Waals surface area contributed by atoms with Gasteiger partial charge >= 0.3 is 6.09 Å². The topological polar surface area (TPSA) is 131 Å². The number of imide groups is 1. The quantitative estimate of drug-likeness (QED) is 0.425. The van der Waals surface area contributed by atoms with Gasteiger partial charge in [-0.05, 0) is 48.6 Å². The fourth-order valence-electron chi connectivity index (χ4n) is 4.76. The van der Waals surface area contributed by atoms with Gasteiger partial charge in [-0.1, -0.05) is 0 Å². The number of carbonyl (C=O) groups is 3. The largest absolute Gasteiger partial charge is 0.412 e. The highest BCUT2D eigenvalue weighted by molar-refractivity contribution is 6.31. The molecule has 32 heavy (non-hydrogen) atoms. The fourth-order valence-corrected chi connectivity index (χ4v) is 4.76. The minimum absolute atomic E-state index is 0.333. The van der Waals surface area contributed by atoms with Gasteiger partial charge in [0, 0.05) is 22.8 Å². The van der Waals surface area contributed by atoms with Crippen LogP contribution >= 0.6 is 0 Å². The van der Waals surface area contributed by atoms with E-state index in [9.17, 15) is 14.4 Å². The molecule has 0 saturated carbocycles. The lowest BCUT2D eigenvalue weighted by molar-refractivity contribution is 0.0879. The minimum atomic E-state index is -0.594. The van der Waals surface area contributed by atoms with Crippen LogP contribution in [0.15, 0.2) is 30.9 Å². The second kappa shape index (κ2) is 6.91. The molecule has 0 radical (unpaired) electrons. The zero-order valence-electron chi connectivity index (χ0n) is 16.9. The Bertz CT molecular complexity index is 1440. The summed E-state index contributed by atoms with van der Waals surface area (Å²) in [5.74, 6) is -0.378. The molecule has 0 spiro atoms. The summed E-state index contributed by atoms with van der Waals surface area (Å²) in [6.45, 7) is 0.802. The van der Waals surface area contributed by atoms with Crippen LogP contribution in [0.4, 0.5) is 4.79 Å². The number of aromatic amines is 1. The van der Waals surface area contributed by atoms with E-state index in [-0.39, 0.29) is 11.8 Å². The molecule has 4 aromatic rings. The second-order valence-corrected chi connectivity index (χ2v) is 7.90. The van der Waals surface area contributed by atoms with Crippen LogP contribution in [0.3, 0.4) is 0 Å². The standard InChI is InChI=1S/C22H18N6O4/c29-20-17-12-2-1-3-13(12)19-16(18(17)21(30)27-20)14-8-11(4-5-15(14)26-19)32-22(31)24-6-7-28-10-23-9-25-28/h4-5,8-10,26H,1-3,6-7H2,(H,24,31)(H,27,29,30). The highest BCUT2D eigenvalue weighted by Gasteiger charge is 2.36. The molecular formula is C22H18N6O4. The molecule has 2 aromatic heterocycles. The molecule has 0 atom stereocenters. The molecule has 2 aliphatic rings. The predicted octanol–water partition coefficient (Wildman–Crippen LogP) is 2.07. The summed E-state index contributed by atoms with van der Waals surface area (Å²) in [4.78, 5) is 44.6. The molecule has 0 saturated heterocycles. The Labute approximate surface area is 180 Å². The van der Waals surface area contributed by atoms with Gasteiger partial charge in [0.15, 0.2) is 0 Å². The summed E-state index contributed by atoms with van der Waals surface area (Å²) in [6, 6.07) is 5.24. The molecule has 3 amide bonds. The normalized spacial score (nSPS) is 14.6. The summed E-state index contributed by atoms with van der Waals surface area (Å²) >= 11 is 0. The first-order valence-corrected chi connectivity index (χ1v) is 10.4. The third-order valence-electron chi connectivity index (χ3n) is 6.06. The Balaban J connectivity index is 1.36. The third kappa shape index (κ3) is 2.76. The van der Waals surface area contributed by atoms with Gasteiger partial charge < -0.3 is 15.0 Å². The number of rotatable bonds is 4. The molecule has 160 valence electrons. The van der Waals surface area contributed by atoms with Gasteiger partial charge in [0.05, 0.1) is 23.2 Å². The van der Waals surface area contributed by atoms with Crippen LogP contribution in [-0.2, 0) is 19.4 Å². The molecule has 10 nitrogen and oxygen atoms in total. The Morgan fingerprint density at radius 3 is 2.84 bits per heavy atom. The van der Waals surface area contributed by atoms with E-state index in [1.54, 1.807) is 23.1 Å². The van der Waals surface area contributed by atoms with Crippen molar-refractivity contribution in [1.82, 2.24) is 30.4 Å². The van der Waals surface area contributed by atoms with Crippen LogP contribution in [0.5, 0.6) is 5.75 Å². The highest BCUT2D eigenvalue weighted by atomic mass is 16.6. The van der Waals surface area contributed by atoms with Crippen molar-refractivity contribution >= 4 is 39.7 Å². The van der Waals surface area contributed by atoms with Crippen molar-refractivity contribution in [2.24, 2.45) is 0 Å². The molecule has 3 N–H and O–H groups in total. The first-order chi connectivity index (χ1) is 15.6. The molecule has 3 heterocycles. The molecule has 0 fully saturated rings. The molecule has 0 bridgehead atoms. The second-order valence-electron chi connectivity index (χ2n) is 7.90. The van der Waals surface area contributed by atoms with Gasteiger partial charge in [0.1, 0.15) is 18.4 Å². The van der Waals surface area contributed by atoms with Crippen molar-refractivity contribution < 1.29 is 19.1 Å². The van der Waals surface area contributed by atoms with E-state index in [0.29, 0.717) is 35.4 Å². The molecule has 2 aromatic carbocycles. The molecule has 10 heteroatoms. The van der Waals surface area contributed by atoms with Gasteiger partial charge in [-0.15, -0.1) is 0 Å². The molecule has 1 aliphatic heterocycles. The van der Waals surface area contributed by atoms with Gasteiger partial charge in [-0.2, -0.15) is 5.10 Å². The molecule has 1 aliphatic carbocycles. The van der Waals surface area contributed by atoms with Crippen molar-refractivity contribution in [3.63, 3.8) is 0 Å². The number of hydrogen-bond donors (Lipinski definition) is 3. The lowest BCUT2D eigenvalue weighted by Crippen LogP contribution is -2.30. The van der Waals surface area contributed by atoms with Gasteiger partial charge in [-0.25, -0.2) is 9.78 Å². The van der Waals surface area contributed by atoms with Crippen molar-refractivity contribution in [2.45, 2.75) is 25.8 Å². The average Bonchev–Trinajstić information content (AvgIpc) is 3.54. The molecule has 6 rings (SSSR count). The van der Waals surface area contributed by atoms with E-state index in [2.05, 4.69) is 25.7 Å². The zero-order valence-corrected chi connectivity index (χ0v) is 16.9. The van der Waals surface area contributed by atoms with Crippen LogP contribution in [-0.4, -0.2) is 44.2 Å². The Morgan fingerprint density at radius 1 is 1.16 bits per heavy atom. The van der Waals surface area contributed by atoms with Crippen molar-refractivity contribution in [2.75, 3.05) is 6.54 Å². The Morgan fingerprint density at radius 2 is 2.00 bits per heavy atom. The number of nitrogens with one attached hydrogen (secondary N) is 3. The van der Waals surface area contributed by atoms with E-state index in [1.807, 2.05) is 6.07 Å². The summed E-state index contributed by atoms with van der Waals surface area (Å²) < 4.78 is 7.04. The number of aromatic nitrogens is 4. The number of hydrogen-bond acceptors (Lipinski definition) is 6. The van der Waals surface area contributed by atoms with E-state index in [4.69, 9.17) is 4.74 Å². The van der Waals surface area contributed by atoms with E-state index >= 15 is 0 Å². The first kappa shape index (κ1) is 18.6. The maximum absolute atomic E-state index is 12.7. The van der Waals surface area contributed by atoms with Gasteiger partial charge in [-0.3, -0.25) is 19.6 Å². The minimum Gasteiger partial charge on any atom is -0.410 e. The summed E-state index contributed by atoms with van der Waals surface area (Å²) in [5.41, 5.74) is 4.65. The average molecular weight is 430 g/mol. The highest BCUT2D eigenvalue weighted by Crippen LogP contribution is 2.41. The monoisotopic (exact) mass is 430 g/mol. The summed E-state index contributed by atoms with van der Waals surface area (Å²) in [5, 5.41) is 10.5. The van der Waals surface area contributed by atoms with Crippen LogP contribution in [0, 0.1) is 0 Å². The number of nitrogens with zero attached hydrogens (tertiary/aromatic N) is 3. The van der Waals surface area contributed by atoms with Crippen LogP contribution in [0.2, 0.25) is 0 Å². The van der Waals surface area contributed by atoms with Crippen molar-refractivity contribution in [3.8, 4) is 5.75 Å². The Kier molecular flexibility index (Phi) is 4.00. The molecule has 0 unspecified atom stereocenters. The maximum Gasteiger partial charge on any atom is 0.412 e.